The first-order chi connectivity index (χ1) is 19.9. The molecule has 0 saturated carbocycles. The number of hydrogen-bond donors (Lipinski definition) is 0. The van der Waals surface area contributed by atoms with Gasteiger partial charge in [0, 0.05) is 17.7 Å². The molecule has 1 fully saturated rings. The summed E-state index contributed by atoms with van der Waals surface area (Å²) in [6.45, 7) is 2.65. The highest BCUT2D eigenvalue weighted by molar-refractivity contribution is 6.36. The maximum atomic E-state index is 14.2. The first-order valence-corrected chi connectivity index (χ1v) is 14.1. The average Bonchev–Trinajstić information content (AvgIpc) is 3.25. The topological polar surface area (TPSA) is 124 Å². The Morgan fingerprint density at radius 1 is 0.857 bits per heavy atom. The van der Waals surface area contributed by atoms with Crippen LogP contribution in [0.25, 0.3) is 0 Å². The summed E-state index contributed by atoms with van der Waals surface area (Å²) in [4.78, 5) is 63.0. The summed E-state index contributed by atoms with van der Waals surface area (Å²) in [5, 5.41) is 10.9. The van der Waals surface area contributed by atoms with Crippen molar-refractivity contribution < 1.29 is 28.8 Å². The number of likely N-dealkylation sites (tertiary alicyclic amines) is 1. The molecule has 4 aliphatic rings. The van der Waals surface area contributed by atoms with E-state index in [9.17, 15) is 29.3 Å². The SMILES string of the molecule is CC(C)[C@@H](C(=O)OCC(=O)c1ccc([N+](=O)[O-])cc1)N1C(=O)[C@H]2[C@H](C1=O)C1(Cl)c3ccccc3C2(Cl)c2ccccc21. The number of nitro groups is 1. The van der Waals surface area contributed by atoms with E-state index in [1.54, 1.807) is 38.1 Å². The number of ether oxygens (including phenoxy) is 1. The monoisotopic (exact) mass is 606 g/mol. The van der Waals surface area contributed by atoms with Crippen LogP contribution in [0.4, 0.5) is 5.69 Å². The van der Waals surface area contributed by atoms with Crippen molar-refractivity contribution in [1.29, 1.82) is 0 Å². The molecule has 0 unspecified atom stereocenters. The van der Waals surface area contributed by atoms with Gasteiger partial charge in [-0.25, -0.2) is 4.79 Å². The molecule has 3 aromatic rings. The van der Waals surface area contributed by atoms with Gasteiger partial charge in [-0.15, -0.1) is 23.2 Å². The van der Waals surface area contributed by atoms with Gasteiger partial charge in [0.05, 0.1) is 16.8 Å². The number of halogens is 2. The fourth-order valence-corrected chi connectivity index (χ4v) is 7.81. The molecule has 42 heavy (non-hydrogen) atoms. The highest BCUT2D eigenvalue weighted by Crippen LogP contribution is 2.69. The smallest absolute Gasteiger partial charge is 0.330 e. The third kappa shape index (κ3) is 3.69. The molecule has 2 bridgehead atoms. The number of non-ortho nitro benzene ring substituents is 1. The molecule has 0 radical (unpaired) electrons. The summed E-state index contributed by atoms with van der Waals surface area (Å²) >= 11 is 14.9. The van der Waals surface area contributed by atoms with Crippen LogP contribution in [0.1, 0.15) is 46.5 Å². The molecule has 2 amide bonds. The Balaban J connectivity index is 1.33. The molecule has 0 spiro atoms. The lowest BCUT2D eigenvalue weighted by atomic mass is 9.54. The van der Waals surface area contributed by atoms with Crippen LogP contribution in [0.15, 0.2) is 72.8 Å². The minimum Gasteiger partial charge on any atom is -0.456 e. The quantitative estimate of drug-likeness (QED) is 0.0931. The fourth-order valence-electron chi connectivity index (χ4n) is 6.71. The zero-order valence-electron chi connectivity index (χ0n) is 22.5. The first-order valence-electron chi connectivity index (χ1n) is 13.3. The molecule has 1 aliphatic heterocycles. The van der Waals surface area contributed by atoms with Crippen molar-refractivity contribution in [3.8, 4) is 0 Å². The van der Waals surface area contributed by atoms with Crippen LogP contribution in [0.2, 0.25) is 0 Å². The number of benzene rings is 3. The van der Waals surface area contributed by atoms with E-state index in [0.29, 0.717) is 22.3 Å². The number of hydrogen-bond acceptors (Lipinski definition) is 7. The number of ketones is 1. The Morgan fingerprint density at radius 3 is 1.67 bits per heavy atom. The van der Waals surface area contributed by atoms with Crippen molar-refractivity contribution >= 4 is 52.5 Å². The predicted molar refractivity (Wildman–Crippen MR) is 152 cm³/mol. The Morgan fingerprint density at radius 2 is 1.29 bits per heavy atom. The van der Waals surface area contributed by atoms with Gasteiger partial charge in [0.25, 0.3) is 5.69 Å². The van der Waals surface area contributed by atoms with Gasteiger partial charge in [-0.05, 0) is 40.3 Å². The summed E-state index contributed by atoms with van der Waals surface area (Å²) in [6, 6.07) is 18.0. The van der Waals surface area contributed by atoms with E-state index in [4.69, 9.17) is 27.9 Å². The zero-order chi connectivity index (χ0) is 30.1. The summed E-state index contributed by atoms with van der Waals surface area (Å²) < 4.78 is 5.33. The second-order valence-corrected chi connectivity index (χ2v) is 12.2. The predicted octanol–water partition coefficient (Wildman–Crippen LogP) is 4.94. The van der Waals surface area contributed by atoms with Crippen LogP contribution >= 0.6 is 23.2 Å². The standard InChI is InChI=1S/C31H24Cl2N2O7/c1-16(2)26(29(39)42-15-23(36)17-11-13-18(14-12-17)35(40)41)34-27(37)24-25(28(34)38)31(33)20-8-4-3-7-19(20)30(24,32)21-9-5-6-10-22(21)31/h3-14,16,24-26H,15H2,1-2H3/t24-,25-,26+,30?,31?/m1/s1. The lowest BCUT2D eigenvalue weighted by Gasteiger charge is -2.54. The highest BCUT2D eigenvalue weighted by Gasteiger charge is 2.74. The molecule has 9 nitrogen and oxygen atoms in total. The van der Waals surface area contributed by atoms with Crippen LogP contribution in [0, 0.1) is 27.9 Å². The first kappa shape index (κ1) is 28.1. The summed E-state index contributed by atoms with van der Waals surface area (Å²) in [5.74, 6) is -5.53. The summed E-state index contributed by atoms with van der Waals surface area (Å²) in [7, 11) is 0. The summed E-state index contributed by atoms with van der Waals surface area (Å²) in [6.07, 6.45) is 0. The van der Waals surface area contributed by atoms with E-state index in [1.807, 2.05) is 24.3 Å². The van der Waals surface area contributed by atoms with Gasteiger partial charge in [0.1, 0.15) is 15.8 Å². The second kappa shape index (κ2) is 9.74. The Bertz CT molecular complexity index is 1560. The van der Waals surface area contributed by atoms with Gasteiger partial charge in [-0.3, -0.25) is 29.4 Å². The van der Waals surface area contributed by atoms with E-state index in [1.165, 1.54) is 24.3 Å². The molecule has 3 aliphatic carbocycles. The van der Waals surface area contributed by atoms with Gasteiger partial charge in [-0.2, -0.15) is 0 Å². The second-order valence-electron chi connectivity index (χ2n) is 11.0. The van der Waals surface area contributed by atoms with Crippen LogP contribution in [-0.4, -0.2) is 46.0 Å². The number of alkyl halides is 2. The molecule has 0 N–H and O–H groups in total. The minimum atomic E-state index is -1.40. The van der Waals surface area contributed by atoms with E-state index in [0.717, 1.165) is 4.90 Å². The molecular formula is C31H24Cl2N2O7. The van der Waals surface area contributed by atoms with Gasteiger partial charge in [-0.1, -0.05) is 62.4 Å². The van der Waals surface area contributed by atoms with Crippen molar-refractivity contribution in [3.05, 3.63) is 111 Å². The molecular weight excluding hydrogens is 583 g/mol. The van der Waals surface area contributed by atoms with Crippen LogP contribution < -0.4 is 0 Å². The van der Waals surface area contributed by atoms with Crippen molar-refractivity contribution in [2.24, 2.45) is 17.8 Å². The normalized spacial score (nSPS) is 26.0. The lowest BCUT2D eigenvalue weighted by Crippen LogP contribution is -2.57. The van der Waals surface area contributed by atoms with Crippen LogP contribution in [0.5, 0.6) is 0 Å². The summed E-state index contributed by atoms with van der Waals surface area (Å²) in [5.41, 5.74) is 2.48. The van der Waals surface area contributed by atoms with E-state index in [2.05, 4.69) is 0 Å². The largest absolute Gasteiger partial charge is 0.456 e. The number of carbonyl (C=O) groups is 4. The van der Waals surface area contributed by atoms with E-state index < -0.39 is 68.6 Å². The van der Waals surface area contributed by atoms with Gasteiger partial charge in [0.15, 0.2) is 12.4 Å². The third-order valence-electron chi connectivity index (χ3n) is 8.52. The lowest BCUT2D eigenvalue weighted by molar-refractivity contribution is -0.384. The number of rotatable bonds is 7. The van der Waals surface area contributed by atoms with Crippen LogP contribution in [0.3, 0.4) is 0 Å². The number of nitrogens with zero attached hydrogens (tertiary/aromatic N) is 2. The van der Waals surface area contributed by atoms with Gasteiger partial charge in [0.2, 0.25) is 11.8 Å². The maximum Gasteiger partial charge on any atom is 0.330 e. The highest BCUT2D eigenvalue weighted by atomic mass is 35.5. The van der Waals surface area contributed by atoms with Gasteiger partial charge < -0.3 is 4.74 Å². The number of esters is 1. The molecule has 7 rings (SSSR count). The van der Waals surface area contributed by atoms with E-state index in [-0.39, 0.29) is 11.3 Å². The Kier molecular flexibility index (Phi) is 6.51. The average molecular weight is 607 g/mol. The molecule has 11 heteroatoms. The van der Waals surface area contributed by atoms with Crippen molar-refractivity contribution in [3.63, 3.8) is 0 Å². The molecule has 3 atom stereocenters. The zero-order valence-corrected chi connectivity index (χ0v) is 24.0. The molecule has 3 aromatic carbocycles. The van der Waals surface area contributed by atoms with E-state index >= 15 is 0 Å². The fraction of sp³-hybridized carbons (Fsp3) is 0.290. The number of nitro benzene ring substituents is 1. The maximum absolute atomic E-state index is 14.2. The number of imide groups is 1. The van der Waals surface area contributed by atoms with Gasteiger partial charge >= 0.3 is 5.97 Å². The number of carbonyl (C=O) groups excluding carboxylic acids is 4. The van der Waals surface area contributed by atoms with Crippen molar-refractivity contribution in [2.45, 2.75) is 29.6 Å². The molecule has 1 saturated heterocycles. The number of amides is 2. The third-order valence-corrected chi connectivity index (χ3v) is 9.80. The Labute approximate surface area is 250 Å². The molecule has 1 heterocycles. The van der Waals surface area contributed by atoms with Crippen molar-refractivity contribution in [2.75, 3.05) is 6.61 Å². The molecule has 0 aromatic heterocycles. The number of Topliss-reactive ketones (excluding diaryl/α,β-unsaturated/α-hetero) is 1. The molecule has 214 valence electrons. The van der Waals surface area contributed by atoms with Crippen molar-refractivity contribution in [1.82, 2.24) is 4.90 Å². The van der Waals surface area contributed by atoms with Crippen LogP contribution in [-0.2, 0) is 28.9 Å². The minimum absolute atomic E-state index is 0.106. The Hall–Kier alpha value is -4.08.